The summed E-state index contributed by atoms with van der Waals surface area (Å²) in [5.74, 6) is 0.553. The summed E-state index contributed by atoms with van der Waals surface area (Å²) in [5, 5.41) is 7.03. The van der Waals surface area contributed by atoms with Crippen molar-refractivity contribution in [3.63, 3.8) is 0 Å². The van der Waals surface area contributed by atoms with Gasteiger partial charge in [-0.3, -0.25) is 9.59 Å². The van der Waals surface area contributed by atoms with Gasteiger partial charge in [0, 0.05) is 24.5 Å². The molecule has 17 heavy (non-hydrogen) atoms. The Morgan fingerprint density at radius 3 is 2.71 bits per heavy atom. The number of carbonyl (C=O) groups is 1. The van der Waals surface area contributed by atoms with Gasteiger partial charge in [0.05, 0.1) is 0 Å². The third-order valence-electron chi connectivity index (χ3n) is 3.02. The molecule has 1 saturated heterocycles. The van der Waals surface area contributed by atoms with Gasteiger partial charge in [0.25, 0.3) is 11.5 Å². The van der Waals surface area contributed by atoms with E-state index in [1.54, 1.807) is 4.90 Å². The number of likely N-dealkylation sites (tertiary alicyclic amines) is 1. The van der Waals surface area contributed by atoms with Crippen LogP contribution in [-0.2, 0) is 0 Å². The van der Waals surface area contributed by atoms with Gasteiger partial charge in [-0.15, -0.1) is 0 Å². The molecule has 1 aromatic rings. The molecule has 92 valence electrons. The van der Waals surface area contributed by atoms with Crippen molar-refractivity contribution in [1.29, 1.82) is 0 Å². The molecule has 1 N–H and O–H groups in total. The lowest BCUT2D eigenvalue weighted by Crippen LogP contribution is -2.39. The average Bonchev–Trinajstić information content (AvgIpc) is 2.39. The number of halogens is 1. The lowest BCUT2D eigenvalue weighted by molar-refractivity contribution is 0.0691. The predicted octanol–water partition coefficient (Wildman–Crippen LogP) is 1.02. The van der Waals surface area contributed by atoms with Crippen LogP contribution in [-0.4, -0.2) is 39.4 Å². The van der Waals surface area contributed by atoms with E-state index in [-0.39, 0.29) is 11.5 Å². The van der Waals surface area contributed by atoms with Crippen molar-refractivity contribution >= 4 is 21.8 Å². The van der Waals surface area contributed by atoms with E-state index < -0.39 is 0 Å². The van der Waals surface area contributed by atoms with Crippen LogP contribution in [0.25, 0.3) is 0 Å². The Morgan fingerprint density at radius 1 is 1.47 bits per heavy atom. The van der Waals surface area contributed by atoms with Crippen molar-refractivity contribution in [2.45, 2.75) is 12.8 Å². The molecule has 0 unspecified atom stereocenters. The van der Waals surface area contributed by atoms with Gasteiger partial charge >= 0.3 is 0 Å². The molecule has 0 atom stereocenters. The SMILES string of the molecule is O=C(c1ccc(=O)[nH]n1)N1CCC(CBr)CC1. The molecular formula is C11H14BrN3O2. The van der Waals surface area contributed by atoms with Gasteiger partial charge in [0.15, 0.2) is 0 Å². The Kier molecular flexibility index (Phi) is 3.93. The molecule has 1 aromatic heterocycles. The van der Waals surface area contributed by atoms with Crippen LogP contribution in [0.15, 0.2) is 16.9 Å². The van der Waals surface area contributed by atoms with Gasteiger partial charge in [0.2, 0.25) is 0 Å². The number of nitrogens with zero attached hydrogens (tertiary/aromatic N) is 2. The minimum Gasteiger partial charge on any atom is -0.337 e. The molecule has 1 fully saturated rings. The number of hydrogen-bond donors (Lipinski definition) is 1. The summed E-state index contributed by atoms with van der Waals surface area (Å²) >= 11 is 3.47. The van der Waals surface area contributed by atoms with E-state index in [0.29, 0.717) is 11.6 Å². The van der Waals surface area contributed by atoms with E-state index in [1.165, 1.54) is 12.1 Å². The highest BCUT2D eigenvalue weighted by molar-refractivity contribution is 9.09. The van der Waals surface area contributed by atoms with Crippen molar-refractivity contribution in [3.8, 4) is 0 Å². The molecule has 6 heteroatoms. The van der Waals surface area contributed by atoms with Crippen LogP contribution in [0.5, 0.6) is 0 Å². The Morgan fingerprint density at radius 2 is 2.18 bits per heavy atom. The van der Waals surface area contributed by atoms with Crippen molar-refractivity contribution < 1.29 is 4.79 Å². The largest absolute Gasteiger partial charge is 0.337 e. The maximum absolute atomic E-state index is 12.0. The number of amides is 1. The highest BCUT2D eigenvalue weighted by Crippen LogP contribution is 2.19. The maximum Gasteiger partial charge on any atom is 0.274 e. The molecule has 2 heterocycles. The van der Waals surface area contributed by atoms with Crippen LogP contribution in [0.1, 0.15) is 23.3 Å². The zero-order valence-corrected chi connectivity index (χ0v) is 10.9. The molecule has 0 bridgehead atoms. The van der Waals surface area contributed by atoms with Crippen molar-refractivity contribution in [3.05, 3.63) is 28.2 Å². The zero-order chi connectivity index (χ0) is 12.3. The standard InChI is InChI=1S/C11H14BrN3O2/c12-7-8-3-5-15(6-4-8)11(17)9-1-2-10(16)14-13-9/h1-2,8H,3-7H2,(H,14,16). The summed E-state index contributed by atoms with van der Waals surface area (Å²) in [6, 6.07) is 2.79. The van der Waals surface area contributed by atoms with Gasteiger partial charge in [-0.2, -0.15) is 5.10 Å². The van der Waals surface area contributed by atoms with E-state index in [4.69, 9.17) is 0 Å². The molecule has 0 aromatic carbocycles. The second-order valence-corrected chi connectivity index (χ2v) is 4.84. The van der Waals surface area contributed by atoms with Crippen LogP contribution >= 0.6 is 15.9 Å². The number of hydrogen-bond acceptors (Lipinski definition) is 3. The first-order chi connectivity index (χ1) is 8.20. The fraction of sp³-hybridized carbons (Fsp3) is 0.545. The summed E-state index contributed by atoms with van der Waals surface area (Å²) in [6.45, 7) is 1.52. The number of aromatic amines is 1. The second kappa shape index (κ2) is 5.44. The molecule has 1 aliphatic heterocycles. The summed E-state index contributed by atoms with van der Waals surface area (Å²) in [5.41, 5.74) is 0.0152. The van der Waals surface area contributed by atoms with Gasteiger partial charge in [-0.05, 0) is 24.8 Å². The first kappa shape index (κ1) is 12.3. The fourth-order valence-corrected chi connectivity index (χ4v) is 2.56. The third kappa shape index (κ3) is 2.94. The Balaban J connectivity index is 2.01. The Bertz CT molecular complexity index is 432. The van der Waals surface area contributed by atoms with Crippen LogP contribution in [0.4, 0.5) is 0 Å². The lowest BCUT2D eigenvalue weighted by atomic mass is 9.99. The van der Waals surface area contributed by atoms with E-state index >= 15 is 0 Å². The monoisotopic (exact) mass is 299 g/mol. The number of piperidine rings is 1. The molecular weight excluding hydrogens is 286 g/mol. The van der Waals surface area contributed by atoms with E-state index in [2.05, 4.69) is 26.1 Å². The number of rotatable bonds is 2. The quantitative estimate of drug-likeness (QED) is 0.829. The number of aromatic nitrogens is 2. The van der Waals surface area contributed by atoms with E-state index in [0.717, 1.165) is 31.3 Å². The molecule has 2 rings (SSSR count). The number of alkyl halides is 1. The number of H-pyrrole nitrogens is 1. The van der Waals surface area contributed by atoms with Gasteiger partial charge in [-0.25, -0.2) is 5.10 Å². The van der Waals surface area contributed by atoms with Gasteiger partial charge in [0.1, 0.15) is 5.69 Å². The van der Waals surface area contributed by atoms with Crippen molar-refractivity contribution in [2.24, 2.45) is 5.92 Å². The molecule has 0 aliphatic carbocycles. The fourth-order valence-electron chi connectivity index (χ4n) is 1.92. The zero-order valence-electron chi connectivity index (χ0n) is 9.36. The predicted molar refractivity (Wildman–Crippen MR) is 67.3 cm³/mol. The molecule has 0 radical (unpaired) electrons. The van der Waals surface area contributed by atoms with Crippen LogP contribution in [0.2, 0.25) is 0 Å². The maximum atomic E-state index is 12.0. The summed E-state index contributed by atoms with van der Waals surface area (Å²) in [6.07, 6.45) is 2.03. The van der Waals surface area contributed by atoms with Crippen LogP contribution in [0, 0.1) is 5.92 Å². The number of nitrogens with one attached hydrogen (secondary N) is 1. The highest BCUT2D eigenvalue weighted by Gasteiger charge is 2.23. The second-order valence-electron chi connectivity index (χ2n) is 4.20. The van der Waals surface area contributed by atoms with Crippen LogP contribution < -0.4 is 5.56 Å². The minimum atomic E-state index is -0.292. The normalized spacial score (nSPS) is 17.1. The van der Waals surface area contributed by atoms with Crippen molar-refractivity contribution in [2.75, 3.05) is 18.4 Å². The smallest absolute Gasteiger partial charge is 0.274 e. The molecule has 1 amide bonds. The topological polar surface area (TPSA) is 66.1 Å². The Hall–Kier alpha value is -1.17. The first-order valence-electron chi connectivity index (χ1n) is 5.61. The molecule has 0 saturated carbocycles. The summed E-state index contributed by atoms with van der Waals surface area (Å²) < 4.78 is 0. The summed E-state index contributed by atoms with van der Waals surface area (Å²) in [7, 11) is 0. The highest BCUT2D eigenvalue weighted by atomic mass is 79.9. The van der Waals surface area contributed by atoms with E-state index in [9.17, 15) is 9.59 Å². The average molecular weight is 300 g/mol. The van der Waals surface area contributed by atoms with Gasteiger partial charge in [-0.1, -0.05) is 15.9 Å². The Labute approximate surface area is 107 Å². The lowest BCUT2D eigenvalue weighted by Gasteiger charge is -2.30. The van der Waals surface area contributed by atoms with Gasteiger partial charge < -0.3 is 4.90 Å². The summed E-state index contributed by atoms with van der Waals surface area (Å²) in [4.78, 5) is 24.7. The molecule has 1 aliphatic rings. The molecule has 0 spiro atoms. The van der Waals surface area contributed by atoms with Crippen LogP contribution in [0.3, 0.4) is 0 Å². The van der Waals surface area contributed by atoms with Crippen molar-refractivity contribution in [1.82, 2.24) is 15.1 Å². The van der Waals surface area contributed by atoms with E-state index in [1.807, 2.05) is 0 Å². The minimum absolute atomic E-state index is 0.103. The first-order valence-corrected chi connectivity index (χ1v) is 6.74. The molecule has 5 nitrogen and oxygen atoms in total. The third-order valence-corrected chi connectivity index (χ3v) is 3.93. The number of carbonyl (C=O) groups excluding carboxylic acids is 1.